The Morgan fingerprint density at radius 2 is 2.22 bits per heavy atom. The molecule has 0 aromatic carbocycles. The minimum atomic E-state index is 0.698. The van der Waals surface area contributed by atoms with Gasteiger partial charge in [-0.25, -0.2) is 0 Å². The fourth-order valence-electron chi connectivity index (χ4n) is 0.621. The van der Waals surface area contributed by atoms with E-state index in [1.807, 2.05) is 0 Å². The molecular formula is C8H16O. The summed E-state index contributed by atoms with van der Waals surface area (Å²) in [5.41, 5.74) is 0. The molecular weight excluding hydrogens is 112 g/mol. The highest BCUT2D eigenvalue weighted by molar-refractivity contribution is 4.63. The molecule has 9 heavy (non-hydrogen) atoms. The lowest BCUT2D eigenvalue weighted by Gasteiger charge is -1.99. The Kier molecular flexibility index (Phi) is 7.92. The van der Waals surface area contributed by atoms with E-state index in [1.54, 1.807) is 6.42 Å². The van der Waals surface area contributed by atoms with Gasteiger partial charge in [0.15, 0.2) is 0 Å². The minimum Gasteiger partial charge on any atom is -0.381 e. The number of ether oxygens (including phenoxy) is 1. The Morgan fingerprint density at radius 3 is 2.78 bits per heavy atom. The maximum absolute atomic E-state index is 5.17. The Morgan fingerprint density at radius 1 is 1.44 bits per heavy atom. The number of rotatable bonds is 6. The maximum Gasteiger partial charge on any atom is 0.0497 e. The van der Waals surface area contributed by atoms with Gasteiger partial charge in [-0.15, -0.1) is 0 Å². The van der Waals surface area contributed by atoms with Crippen molar-refractivity contribution in [2.24, 2.45) is 0 Å². The third-order valence-electron chi connectivity index (χ3n) is 1.13. The second kappa shape index (κ2) is 7.96. The number of unbranched alkanes of at least 4 members (excludes halogenated alkanes) is 2. The molecule has 0 aliphatic carbocycles. The summed E-state index contributed by atoms with van der Waals surface area (Å²) in [6.45, 7) is 7.33. The topological polar surface area (TPSA) is 9.23 Å². The maximum atomic E-state index is 5.17. The van der Waals surface area contributed by atoms with Gasteiger partial charge in [-0.2, -0.15) is 0 Å². The predicted molar refractivity (Wildman–Crippen MR) is 40.0 cm³/mol. The smallest absolute Gasteiger partial charge is 0.0497 e. The minimum absolute atomic E-state index is 0.698. The van der Waals surface area contributed by atoms with Gasteiger partial charge in [0.1, 0.15) is 0 Å². The van der Waals surface area contributed by atoms with Crippen molar-refractivity contribution in [2.75, 3.05) is 13.2 Å². The molecule has 0 aromatic heterocycles. The van der Waals surface area contributed by atoms with Gasteiger partial charge < -0.3 is 4.74 Å². The van der Waals surface area contributed by atoms with E-state index in [0.717, 1.165) is 6.61 Å². The standard InChI is InChI=1S/C8H16O/c1-3-5-6-8-9-7-4-2/h4H,2-3,5-8H2,1H3. The zero-order chi connectivity index (χ0) is 6.95. The molecule has 0 saturated carbocycles. The van der Waals surface area contributed by atoms with Crippen molar-refractivity contribution in [3.05, 3.63) is 13.3 Å². The summed E-state index contributed by atoms with van der Waals surface area (Å²) in [5, 5.41) is 0. The van der Waals surface area contributed by atoms with Crippen LogP contribution in [0.3, 0.4) is 0 Å². The van der Waals surface area contributed by atoms with Crippen molar-refractivity contribution < 1.29 is 4.74 Å². The highest BCUT2D eigenvalue weighted by atomic mass is 16.5. The molecule has 0 heterocycles. The van der Waals surface area contributed by atoms with E-state index in [0.29, 0.717) is 6.61 Å². The van der Waals surface area contributed by atoms with Crippen molar-refractivity contribution in [3.63, 3.8) is 0 Å². The van der Waals surface area contributed by atoms with Crippen LogP contribution in [0.15, 0.2) is 0 Å². The molecule has 0 saturated heterocycles. The van der Waals surface area contributed by atoms with Gasteiger partial charge in [-0.1, -0.05) is 19.8 Å². The fourth-order valence-corrected chi connectivity index (χ4v) is 0.621. The average molecular weight is 128 g/mol. The summed E-state index contributed by atoms with van der Waals surface area (Å²) in [7, 11) is 0. The van der Waals surface area contributed by atoms with Crippen LogP contribution in [-0.2, 0) is 4.74 Å². The first-order chi connectivity index (χ1) is 4.41. The Labute approximate surface area is 58.4 Å². The molecule has 0 fully saturated rings. The van der Waals surface area contributed by atoms with E-state index in [-0.39, 0.29) is 0 Å². The highest BCUT2D eigenvalue weighted by Crippen LogP contribution is 1.93. The molecule has 0 amide bonds. The van der Waals surface area contributed by atoms with Crippen molar-refractivity contribution in [1.29, 1.82) is 0 Å². The fraction of sp³-hybridized carbons (Fsp3) is 0.750. The van der Waals surface area contributed by atoms with Crippen molar-refractivity contribution in [3.8, 4) is 0 Å². The van der Waals surface area contributed by atoms with Gasteiger partial charge in [0.05, 0.1) is 0 Å². The van der Waals surface area contributed by atoms with Gasteiger partial charge >= 0.3 is 0 Å². The largest absolute Gasteiger partial charge is 0.381 e. The summed E-state index contributed by atoms with van der Waals surface area (Å²) in [4.78, 5) is 0. The van der Waals surface area contributed by atoms with Gasteiger partial charge in [0, 0.05) is 13.2 Å². The monoisotopic (exact) mass is 128 g/mol. The first-order valence-electron chi connectivity index (χ1n) is 3.60. The molecule has 0 aromatic rings. The van der Waals surface area contributed by atoms with Crippen molar-refractivity contribution in [2.45, 2.75) is 26.2 Å². The SMILES string of the molecule is [CH2][CH]COCCCCC. The van der Waals surface area contributed by atoms with Crippen LogP contribution in [0.2, 0.25) is 0 Å². The summed E-state index contributed by atoms with van der Waals surface area (Å²) < 4.78 is 5.17. The molecule has 2 radical (unpaired) electrons. The van der Waals surface area contributed by atoms with Crippen molar-refractivity contribution >= 4 is 0 Å². The predicted octanol–water partition coefficient (Wildman–Crippen LogP) is 2.23. The normalized spacial score (nSPS) is 10.0. The number of hydrogen-bond donors (Lipinski definition) is 0. The molecule has 54 valence electrons. The van der Waals surface area contributed by atoms with Crippen molar-refractivity contribution in [1.82, 2.24) is 0 Å². The second-order valence-corrected chi connectivity index (χ2v) is 2.07. The van der Waals surface area contributed by atoms with Crippen LogP contribution in [0.5, 0.6) is 0 Å². The molecule has 0 aliphatic heterocycles. The van der Waals surface area contributed by atoms with E-state index in [2.05, 4.69) is 13.8 Å². The van der Waals surface area contributed by atoms with Crippen LogP contribution in [0.25, 0.3) is 0 Å². The van der Waals surface area contributed by atoms with Gasteiger partial charge in [-0.3, -0.25) is 0 Å². The van der Waals surface area contributed by atoms with Crippen LogP contribution < -0.4 is 0 Å². The zero-order valence-electron chi connectivity index (χ0n) is 6.23. The van der Waals surface area contributed by atoms with Gasteiger partial charge in [0.2, 0.25) is 0 Å². The third-order valence-corrected chi connectivity index (χ3v) is 1.13. The first kappa shape index (κ1) is 8.96. The highest BCUT2D eigenvalue weighted by Gasteiger charge is 1.84. The molecule has 0 rings (SSSR count). The van der Waals surface area contributed by atoms with E-state index >= 15 is 0 Å². The molecule has 0 spiro atoms. The number of hydrogen-bond acceptors (Lipinski definition) is 1. The van der Waals surface area contributed by atoms with Gasteiger partial charge in [0.25, 0.3) is 0 Å². The summed E-state index contributed by atoms with van der Waals surface area (Å²) >= 11 is 0. The van der Waals surface area contributed by atoms with E-state index in [1.165, 1.54) is 19.3 Å². The van der Waals surface area contributed by atoms with Crippen LogP contribution in [-0.4, -0.2) is 13.2 Å². The van der Waals surface area contributed by atoms with Crippen LogP contribution in [0.1, 0.15) is 26.2 Å². The Hall–Kier alpha value is -0.0400. The molecule has 0 N–H and O–H groups in total. The lowest BCUT2D eigenvalue weighted by molar-refractivity contribution is 0.151. The second-order valence-electron chi connectivity index (χ2n) is 2.07. The quantitative estimate of drug-likeness (QED) is 0.498. The molecule has 0 bridgehead atoms. The van der Waals surface area contributed by atoms with Crippen LogP contribution in [0.4, 0.5) is 0 Å². The summed E-state index contributed by atoms with van der Waals surface area (Å²) in [6.07, 6.45) is 5.50. The van der Waals surface area contributed by atoms with E-state index in [4.69, 9.17) is 4.74 Å². The summed E-state index contributed by atoms with van der Waals surface area (Å²) in [5.74, 6) is 0. The average Bonchev–Trinajstić information content (AvgIpc) is 1.89. The molecule has 1 nitrogen and oxygen atoms in total. The Bertz CT molecular complexity index is 37.8. The third kappa shape index (κ3) is 7.96. The van der Waals surface area contributed by atoms with Gasteiger partial charge in [-0.05, 0) is 19.8 Å². The lowest BCUT2D eigenvalue weighted by atomic mass is 10.3. The molecule has 1 heteroatoms. The van der Waals surface area contributed by atoms with Crippen LogP contribution in [0, 0.1) is 13.3 Å². The van der Waals surface area contributed by atoms with E-state index in [9.17, 15) is 0 Å². The van der Waals surface area contributed by atoms with E-state index < -0.39 is 0 Å². The zero-order valence-corrected chi connectivity index (χ0v) is 6.23. The Balaban J connectivity index is 2.60. The molecule has 0 aliphatic rings. The molecule has 0 atom stereocenters. The first-order valence-corrected chi connectivity index (χ1v) is 3.60. The summed E-state index contributed by atoms with van der Waals surface area (Å²) in [6, 6.07) is 0. The van der Waals surface area contributed by atoms with Crippen LogP contribution >= 0.6 is 0 Å². The molecule has 0 unspecified atom stereocenters. The lowest BCUT2D eigenvalue weighted by Crippen LogP contribution is -1.95.